The third-order valence-corrected chi connectivity index (χ3v) is 8.07. The fraction of sp³-hybridized carbons (Fsp3) is 0.500. The van der Waals surface area contributed by atoms with E-state index in [9.17, 15) is 23.1 Å². The summed E-state index contributed by atoms with van der Waals surface area (Å²) >= 11 is 5.83. The summed E-state index contributed by atoms with van der Waals surface area (Å²) in [4.78, 5) is 26.5. The number of carboxylic acid groups (broad SMARTS) is 1. The average Bonchev–Trinajstić information content (AvgIpc) is 2.69. The highest BCUT2D eigenvalue weighted by Crippen LogP contribution is 2.35. The molecule has 1 heterocycles. The number of sulfonamides is 1. The zero-order chi connectivity index (χ0) is 21.3. The lowest BCUT2D eigenvalue weighted by molar-refractivity contribution is -0.151. The van der Waals surface area contributed by atoms with Crippen molar-refractivity contribution in [2.45, 2.75) is 31.6 Å². The number of nitrogens with zero attached hydrogens (tertiary/aromatic N) is 2. The highest BCUT2D eigenvalue weighted by Gasteiger charge is 2.40. The van der Waals surface area contributed by atoms with Crippen LogP contribution in [-0.4, -0.2) is 60.8 Å². The highest BCUT2D eigenvalue weighted by atomic mass is 35.5. The predicted molar refractivity (Wildman–Crippen MR) is 109 cm³/mol. The second-order valence-corrected chi connectivity index (χ2v) is 10.1. The number of benzene rings is 1. The molecular weight excluding hydrogens is 416 g/mol. The van der Waals surface area contributed by atoms with Crippen LogP contribution in [0.15, 0.2) is 40.3 Å². The van der Waals surface area contributed by atoms with Crippen molar-refractivity contribution in [1.82, 2.24) is 9.21 Å². The van der Waals surface area contributed by atoms with Gasteiger partial charge in [-0.15, -0.1) is 0 Å². The molecule has 0 aromatic heterocycles. The fourth-order valence-electron chi connectivity index (χ4n) is 3.95. The van der Waals surface area contributed by atoms with Gasteiger partial charge in [0.2, 0.25) is 15.9 Å². The number of carbonyl (C=O) groups excluding carboxylic acids is 1. The molecule has 1 aromatic rings. The first kappa shape index (κ1) is 21.8. The summed E-state index contributed by atoms with van der Waals surface area (Å²) in [6.45, 7) is 4.69. The van der Waals surface area contributed by atoms with Crippen molar-refractivity contribution in [2.24, 2.45) is 11.8 Å². The van der Waals surface area contributed by atoms with Gasteiger partial charge >= 0.3 is 5.97 Å². The van der Waals surface area contributed by atoms with Crippen LogP contribution in [0.3, 0.4) is 0 Å². The standard InChI is InChI=1S/C20H25ClN2O5S/c1-13-11-17(18(20(25)26)12-14(13)2)19(24)22-7-9-23(10-8-22)29(27,28)16-5-3-15(21)4-6-16/h3-6,17-18H,7-12H2,1-2H3,(H,25,26)/t17-,18-/m1/s1. The van der Waals surface area contributed by atoms with E-state index in [0.29, 0.717) is 17.9 Å². The zero-order valence-corrected chi connectivity index (χ0v) is 18.0. The van der Waals surface area contributed by atoms with Crippen molar-refractivity contribution in [3.05, 3.63) is 40.4 Å². The minimum absolute atomic E-state index is 0.163. The van der Waals surface area contributed by atoms with Crippen LogP contribution in [0, 0.1) is 11.8 Å². The SMILES string of the molecule is CC1=C(C)C[C@@H](C(=O)N2CCN(S(=O)(=O)c3ccc(Cl)cc3)CC2)[C@H](C(=O)O)C1. The molecule has 1 aromatic carbocycles. The first-order chi connectivity index (χ1) is 13.6. The molecule has 9 heteroatoms. The number of amides is 1. The summed E-state index contributed by atoms with van der Waals surface area (Å²) in [6, 6.07) is 5.99. The van der Waals surface area contributed by atoms with Crippen molar-refractivity contribution in [2.75, 3.05) is 26.2 Å². The van der Waals surface area contributed by atoms with Gasteiger partial charge in [-0.2, -0.15) is 4.31 Å². The first-order valence-electron chi connectivity index (χ1n) is 9.54. The van der Waals surface area contributed by atoms with Gasteiger partial charge in [0.1, 0.15) is 0 Å². The Morgan fingerprint density at radius 2 is 1.48 bits per heavy atom. The maximum atomic E-state index is 13.0. The van der Waals surface area contributed by atoms with E-state index < -0.39 is 27.8 Å². The number of hydrogen-bond acceptors (Lipinski definition) is 4. The van der Waals surface area contributed by atoms with E-state index in [0.717, 1.165) is 11.1 Å². The molecule has 1 saturated heterocycles. The molecule has 1 N–H and O–H groups in total. The van der Waals surface area contributed by atoms with E-state index in [1.54, 1.807) is 4.90 Å². The lowest BCUT2D eigenvalue weighted by atomic mass is 9.76. The third kappa shape index (κ3) is 4.49. The molecular formula is C20H25ClN2O5S. The number of piperazine rings is 1. The lowest BCUT2D eigenvalue weighted by Gasteiger charge is -2.38. The number of carboxylic acids is 1. The van der Waals surface area contributed by atoms with Crippen molar-refractivity contribution in [3.63, 3.8) is 0 Å². The van der Waals surface area contributed by atoms with Crippen molar-refractivity contribution < 1.29 is 23.1 Å². The molecule has 1 amide bonds. The smallest absolute Gasteiger partial charge is 0.307 e. The third-order valence-electron chi connectivity index (χ3n) is 5.90. The Morgan fingerprint density at radius 1 is 0.966 bits per heavy atom. The molecule has 0 bridgehead atoms. The lowest BCUT2D eigenvalue weighted by Crippen LogP contribution is -2.53. The summed E-state index contributed by atoms with van der Waals surface area (Å²) in [7, 11) is -3.66. The largest absolute Gasteiger partial charge is 0.481 e. The van der Waals surface area contributed by atoms with E-state index >= 15 is 0 Å². The van der Waals surface area contributed by atoms with Gasteiger partial charge in [0.25, 0.3) is 0 Å². The monoisotopic (exact) mass is 440 g/mol. The van der Waals surface area contributed by atoms with E-state index in [-0.39, 0.29) is 37.0 Å². The molecule has 0 spiro atoms. The Balaban J connectivity index is 1.69. The Kier molecular flexibility index (Phi) is 6.36. The van der Waals surface area contributed by atoms with Crippen LogP contribution < -0.4 is 0 Å². The quantitative estimate of drug-likeness (QED) is 0.726. The second-order valence-electron chi connectivity index (χ2n) is 7.70. The highest BCUT2D eigenvalue weighted by molar-refractivity contribution is 7.89. The van der Waals surface area contributed by atoms with Crippen molar-refractivity contribution >= 4 is 33.5 Å². The number of rotatable bonds is 4. The number of carbonyl (C=O) groups is 2. The van der Waals surface area contributed by atoms with Crippen LogP contribution in [0.25, 0.3) is 0 Å². The van der Waals surface area contributed by atoms with E-state index in [2.05, 4.69) is 0 Å². The predicted octanol–water partition coefficient (Wildman–Crippen LogP) is 2.62. The zero-order valence-electron chi connectivity index (χ0n) is 16.5. The molecule has 2 aliphatic rings. The van der Waals surface area contributed by atoms with Crippen molar-refractivity contribution in [1.29, 1.82) is 0 Å². The second kappa shape index (κ2) is 8.45. The summed E-state index contributed by atoms with van der Waals surface area (Å²) in [5, 5.41) is 10.0. The number of aliphatic carboxylic acids is 1. The molecule has 0 saturated carbocycles. The molecule has 1 aliphatic carbocycles. The van der Waals surface area contributed by atoms with E-state index in [4.69, 9.17) is 11.6 Å². The van der Waals surface area contributed by atoms with Gasteiger partial charge in [-0.25, -0.2) is 8.42 Å². The number of allylic oxidation sites excluding steroid dienone is 2. The molecule has 0 radical (unpaired) electrons. The van der Waals surface area contributed by atoms with Gasteiger partial charge in [-0.3, -0.25) is 9.59 Å². The van der Waals surface area contributed by atoms with Gasteiger partial charge in [0.15, 0.2) is 0 Å². The van der Waals surface area contributed by atoms with Crippen LogP contribution in [0.5, 0.6) is 0 Å². The first-order valence-corrected chi connectivity index (χ1v) is 11.4. The topological polar surface area (TPSA) is 95.0 Å². The summed E-state index contributed by atoms with van der Waals surface area (Å²) < 4.78 is 26.9. The Hall–Kier alpha value is -1.90. The minimum atomic E-state index is -3.66. The molecule has 29 heavy (non-hydrogen) atoms. The van der Waals surface area contributed by atoms with Crippen LogP contribution >= 0.6 is 11.6 Å². The van der Waals surface area contributed by atoms with E-state index in [1.165, 1.54) is 28.6 Å². The average molecular weight is 441 g/mol. The van der Waals surface area contributed by atoms with Crippen LogP contribution in [0.4, 0.5) is 0 Å². The van der Waals surface area contributed by atoms with Gasteiger partial charge in [-0.05, 0) is 51.0 Å². The molecule has 2 atom stereocenters. The fourth-order valence-corrected chi connectivity index (χ4v) is 5.50. The Morgan fingerprint density at radius 3 is 2.00 bits per heavy atom. The summed E-state index contributed by atoms with van der Waals surface area (Å²) in [6.07, 6.45) is 0.813. The molecule has 1 fully saturated rings. The Labute approximate surface area is 176 Å². The Bertz CT molecular complexity index is 934. The summed E-state index contributed by atoms with van der Waals surface area (Å²) in [5.74, 6) is -2.50. The number of halogens is 1. The number of hydrogen-bond donors (Lipinski definition) is 1. The van der Waals surface area contributed by atoms with Gasteiger partial charge < -0.3 is 10.0 Å². The molecule has 1 aliphatic heterocycles. The van der Waals surface area contributed by atoms with Crippen LogP contribution in [-0.2, 0) is 19.6 Å². The van der Waals surface area contributed by atoms with Gasteiger partial charge in [0.05, 0.1) is 16.7 Å². The van der Waals surface area contributed by atoms with Crippen molar-refractivity contribution in [3.8, 4) is 0 Å². The van der Waals surface area contributed by atoms with Crippen LogP contribution in [0.1, 0.15) is 26.7 Å². The summed E-state index contributed by atoms with van der Waals surface area (Å²) in [5.41, 5.74) is 2.09. The maximum Gasteiger partial charge on any atom is 0.307 e. The maximum absolute atomic E-state index is 13.0. The normalized spacial score (nSPS) is 23.9. The molecule has 158 valence electrons. The van der Waals surface area contributed by atoms with E-state index in [1.807, 2.05) is 13.8 Å². The molecule has 7 nitrogen and oxygen atoms in total. The van der Waals surface area contributed by atoms with Gasteiger partial charge in [-0.1, -0.05) is 22.7 Å². The van der Waals surface area contributed by atoms with Gasteiger partial charge in [0, 0.05) is 31.2 Å². The molecule has 0 unspecified atom stereocenters. The van der Waals surface area contributed by atoms with Crippen LogP contribution in [0.2, 0.25) is 5.02 Å². The minimum Gasteiger partial charge on any atom is -0.481 e. The molecule has 3 rings (SSSR count).